The molecule has 1 unspecified atom stereocenters. The average molecular weight is 198 g/mol. The Morgan fingerprint density at radius 2 is 2.14 bits per heavy atom. The third-order valence-corrected chi connectivity index (χ3v) is 2.24. The fourth-order valence-electron chi connectivity index (χ4n) is 1.54. The van der Waals surface area contributed by atoms with Crippen molar-refractivity contribution in [1.29, 1.82) is 0 Å². The van der Waals surface area contributed by atoms with Gasteiger partial charge in [0.1, 0.15) is 0 Å². The highest BCUT2D eigenvalue weighted by molar-refractivity contribution is 5.74. The molecule has 78 valence electrons. The van der Waals surface area contributed by atoms with Crippen molar-refractivity contribution in [2.45, 2.75) is 33.4 Å². The Morgan fingerprint density at radius 3 is 2.50 bits per heavy atom. The summed E-state index contributed by atoms with van der Waals surface area (Å²) < 4.78 is 1.68. The number of carbonyl (C=O) groups is 1. The number of aliphatic hydroxyl groups is 1. The zero-order valence-corrected chi connectivity index (χ0v) is 8.48. The zero-order valence-electron chi connectivity index (χ0n) is 8.48. The van der Waals surface area contributed by atoms with Gasteiger partial charge < -0.3 is 10.2 Å². The smallest absolute Gasteiger partial charge is 0.337 e. The van der Waals surface area contributed by atoms with Gasteiger partial charge in [0, 0.05) is 17.8 Å². The lowest BCUT2D eigenvalue weighted by Gasteiger charge is -2.06. The number of aliphatic carboxylic acids is 1. The molecule has 0 radical (unpaired) electrons. The molecule has 2 N–H and O–H groups in total. The van der Waals surface area contributed by atoms with Gasteiger partial charge in [-0.3, -0.25) is 4.68 Å². The van der Waals surface area contributed by atoms with Gasteiger partial charge in [-0.15, -0.1) is 0 Å². The van der Waals surface area contributed by atoms with Crippen LogP contribution in [0.2, 0.25) is 0 Å². The van der Waals surface area contributed by atoms with Crippen molar-refractivity contribution in [1.82, 2.24) is 9.78 Å². The molecule has 5 nitrogen and oxygen atoms in total. The Bertz CT molecular complexity index is 357. The third kappa shape index (κ3) is 1.63. The second kappa shape index (κ2) is 3.79. The molecule has 5 heteroatoms. The molecule has 1 rings (SSSR count). The minimum absolute atomic E-state index is 0.402. The SMILES string of the molecule is CCn1nc(C)c(C(O)C(=O)O)c1C. The molecule has 0 amide bonds. The maximum Gasteiger partial charge on any atom is 0.337 e. The van der Waals surface area contributed by atoms with Gasteiger partial charge in [-0.1, -0.05) is 0 Å². The summed E-state index contributed by atoms with van der Waals surface area (Å²) in [7, 11) is 0. The van der Waals surface area contributed by atoms with E-state index in [-0.39, 0.29) is 0 Å². The van der Waals surface area contributed by atoms with Gasteiger partial charge in [0.05, 0.1) is 5.69 Å². The van der Waals surface area contributed by atoms with Crippen LogP contribution in [0.3, 0.4) is 0 Å². The molecule has 14 heavy (non-hydrogen) atoms. The monoisotopic (exact) mass is 198 g/mol. The van der Waals surface area contributed by atoms with E-state index in [2.05, 4.69) is 5.10 Å². The van der Waals surface area contributed by atoms with Crippen molar-refractivity contribution in [2.75, 3.05) is 0 Å². The minimum Gasteiger partial charge on any atom is -0.479 e. The maximum atomic E-state index is 10.6. The summed E-state index contributed by atoms with van der Waals surface area (Å²) in [6.07, 6.45) is -1.48. The average Bonchev–Trinajstić information content (AvgIpc) is 2.40. The van der Waals surface area contributed by atoms with Crippen LogP contribution < -0.4 is 0 Å². The Labute approximate surface area is 82.0 Å². The van der Waals surface area contributed by atoms with E-state index in [4.69, 9.17) is 5.11 Å². The third-order valence-electron chi connectivity index (χ3n) is 2.24. The number of aryl methyl sites for hydroxylation is 2. The first-order valence-corrected chi connectivity index (χ1v) is 4.43. The van der Waals surface area contributed by atoms with Crippen LogP contribution in [0.4, 0.5) is 0 Å². The molecule has 0 saturated carbocycles. The molecule has 0 saturated heterocycles. The first-order chi connectivity index (χ1) is 6.49. The van der Waals surface area contributed by atoms with Crippen molar-refractivity contribution >= 4 is 5.97 Å². The lowest BCUT2D eigenvalue weighted by Crippen LogP contribution is -2.12. The molecule has 0 fully saturated rings. The summed E-state index contributed by atoms with van der Waals surface area (Å²) in [6.45, 7) is 6.03. The lowest BCUT2D eigenvalue weighted by molar-refractivity contribution is -0.147. The topological polar surface area (TPSA) is 75.3 Å². The highest BCUT2D eigenvalue weighted by atomic mass is 16.4. The summed E-state index contributed by atoms with van der Waals surface area (Å²) in [4.78, 5) is 10.6. The van der Waals surface area contributed by atoms with E-state index in [0.29, 0.717) is 23.5 Å². The number of carboxylic acids is 1. The summed E-state index contributed by atoms with van der Waals surface area (Å²) >= 11 is 0. The van der Waals surface area contributed by atoms with Crippen LogP contribution >= 0.6 is 0 Å². The van der Waals surface area contributed by atoms with Crippen molar-refractivity contribution in [3.63, 3.8) is 0 Å². The molecular weight excluding hydrogens is 184 g/mol. The molecular formula is C9H14N2O3. The van der Waals surface area contributed by atoms with E-state index >= 15 is 0 Å². The number of hydrogen-bond acceptors (Lipinski definition) is 3. The van der Waals surface area contributed by atoms with Gasteiger partial charge in [0.2, 0.25) is 0 Å². The molecule has 1 atom stereocenters. The molecule has 1 aromatic rings. The summed E-state index contributed by atoms with van der Waals surface area (Å²) in [5.41, 5.74) is 1.68. The molecule has 0 aliphatic heterocycles. The van der Waals surface area contributed by atoms with Crippen molar-refractivity contribution in [3.8, 4) is 0 Å². The molecule has 0 aromatic carbocycles. The molecule has 1 aromatic heterocycles. The Balaban J connectivity index is 3.20. The molecule has 0 bridgehead atoms. The lowest BCUT2D eigenvalue weighted by atomic mass is 10.1. The number of nitrogens with zero attached hydrogens (tertiary/aromatic N) is 2. The van der Waals surface area contributed by atoms with Crippen LogP contribution in [0.1, 0.15) is 30.0 Å². The van der Waals surface area contributed by atoms with Crippen molar-refractivity contribution in [3.05, 3.63) is 17.0 Å². The van der Waals surface area contributed by atoms with Gasteiger partial charge >= 0.3 is 5.97 Å². The maximum absolute atomic E-state index is 10.6. The largest absolute Gasteiger partial charge is 0.479 e. The van der Waals surface area contributed by atoms with Crippen LogP contribution in [0, 0.1) is 13.8 Å². The number of hydrogen-bond donors (Lipinski definition) is 2. The summed E-state index contributed by atoms with van der Waals surface area (Å²) in [6, 6.07) is 0. The minimum atomic E-state index is -1.48. The molecule has 1 heterocycles. The van der Waals surface area contributed by atoms with Gasteiger partial charge in [-0.25, -0.2) is 4.79 Å². The molecule has 0 spiro atoms. The van der Waals surface area contributed by atoms with Gasteiger partial charge in [-0.05, 0) is 20.8 Å². The number of rotatable bonds is 3. The zero-order chi connectivity index (χ0) is 10.9. The quantitative estimate of drug-likeness (QED) is 0.747. The predicted molar refractivity (Wildman–Crippen MR) is 50.0 cm³/mol. The molecule has 0 aliphatic carbocycles. The highest BCUT2D eigenvalue weighted by Gasteiger charge is 2.23. The number of carboxylic acid groups (broad SMARTS) is 1. The van der Waals surface area contributed by atoms with Gasteiger partial charge in [-0.2, -0.15) is 5.10 Å². The highest BCUT2D eigenvalue weighted by Crippen LogP contribution is 2.21. The van der Waals surface area contributed by atoms with Crippen LogP contribution in [0.25, 0.3) is 0 Å². The summed E-state index contributed by atoms with van der Waals surface area (Å²) in [5.74, 6) is -1.24. The second-order valence-electron chi connectivity index (χ2n) is 3.14. The van der Waals surface area contributed by atoms with Crippen molar-refractivity contribution < 1.29 is 15.0 Å². The predicted octanol–water partition coefficient (Wildman–Crippen LogP) is 0.638. The van der Waals surface area contributed by atoms with E-state index in [0.717, 1.165) is 0 Å². The second-order valence-corrected chi connectivity index (χ2v) is 3.14. The summed E-state index contributed by atoms with van der Waals surface area (Å²) in [5, 5.41) is 22.2. The Morgan fingerprint density at radius 1 is 1.57 bits per heavy atom. The van der Waals surface area contributed by atoms with E-state index in [1.54, 1.807) is 18.5 Å². The fourth-order valence-corrected chi connectivity index (χ4v) is 1.54. The van der Waals surface area contributed by atoms with Crippen LogP contribution in [-0.2, 0) is 11.3 Å². The van der Waals surface area contributed by atoms with Crippen molar-refractivity contribution in [2.24, 2.45) is 0 Å². The van der Waals surface area contributed by atoms with E-state index in [1.807, 2.05) is 6.92 Å². The fraction of sp³-hybridized carbons (Fsp3) is 0.556. The first-order valence-electron chi connectivity index (χ1n) is 4.43. The standard InChI is InChI=1S/C9H14N2O3/c1-4-11-6(3)7(5(2)10-11)8(12)9(13)14/h8,12H,4H2,1-3H3,(H,13,14). The Kier molecular flexibility index (Phi) is 2.90. The normalized spacial score (nSPS) is 12.9. The van der Waals surface area contributed by atoms with E-state index < -0.39 is 12.1 Å². The van der Waals surface area contributed by atoms with Gasteiger partial charge in [0.25, 0.3) is 0 Å². The van der Waals surface area contributed by atoms with Crippen LogP contribution in [0.5, 0.6) is 0 Å². The van der Waals surface area contributed by atoms with E-state index in [1.165, 1.54) is 0 Å². The molecule has 0 aliphatic rings. The first kappa shape index (κ1) is 10.7. The van der Waals surface area contributed by atoms with E-state index in [9.17, 15) is 9.90 Å². The van der Waals surface area contributed by atoms with Gasteiger partial charge in [0.15, 0.2) is 6.10 Å². The Hall–Kier alpha value is -1.36. The number of aliphatic hydroxyl groups excluding tert-OH is 1. The number of aromatic nitrogens is 2. The van der Waals surface area contributed by atoms with Crippen LogP contribution in [-0.4, -0.2) is 26.0 Å². The van der Waals surface area contributed by atoms with Crippen LogP contribution in [0.15, 0.2) is 0 Å².